The predicted octanol–water partition coefficient (Wildman–Crippen LogP) is 1.63. The number of carbonyl (C=O) groups is 3. The summed E-state index contributed by atoms with van der Waals surface area (Å²) in [6.07, 6.45) is 2.38. The van der Waals surface area contributed by atoms with E-state index < -0.39 is 0 Å². The van der Waals surface area contributed by atoms with Crippen molar-refractivity contribution in [2.24, 2.45) is 0 Å². The summed E-state index contributed by atoms with van der Waals surface area (Å²) in [6.45, 7) is 3.37. The van der Waals surface area contributed by atoms with Crippen LogP contribution in [0, 0.1) is 0 Å². The topological polar surface area (TPSA) is 66.9 Å². The molecule has 0 spiro atoms. The first-order valence-corrected chi connectivity index (χ1v) is 7.92. The molecule has 3 rings (SSSR count). The molecule has 0 saturated carbocycles. The fraction of sp³-hybridized carbons (Fsp3) is 0.471. The Labute approximate surface area is 135 Å². The van der Waals surface area contributed by atoms with Crippen LogP contribution in [0.25, 0.3) is 0 Å². The van der Waals surface area contributed by atoms with Crippen molar-refractivity contribution < 1.29 is 19.1 Å². The number of hydrogen-bond donors (Lipinski definition) is 0. The number of ketones is 1. The van der Waals surface area contributed by atoms with Crippen LogP contribution in [0.15, 0.2) is 18.2 Å². The van der Waals surface area contributed by atoms with Gasteiger partial charge in [0.15, 0.2) is 12.4 Å². The van der Waals surface area contributed by atoms with Crippen molar-refractivity contribution in [2.45, 2.75) is 26.2 Å². The summed E-state index contributed by atoms with van der Waals surface area (Å²) < 4.78 is 5.41. The summed E-state index contributed by atoms with van der Waals surface area (Å²) in [5, 5.41) is 0. The third-order valence-electron chi connectivity index (χ3n) is 4.32. The van der Waals surface area contributed by atoms with Gasteiger partial charge in [-0.05, 0) is 38.0 Å². The Kier molecular flexibility index (Phi) is 4.32. The van der Waals surface area contributed by atoms with Gasteiger partial charge in [-0.1, -0.05) is 0 Å². The van der Waals surface area contributed by atoms with Crippen molar-refractivity contribution in [1.29, 1.82) is 0 Å². The molecule has 122 valence electrons. The number of fused-ring (bicyclic) bond motifs is 1. The lowest BCUT2D eigenvalue weighted by atomic mass is 10.1. The Balaban J connectivity index is 1.76. The average Bonchev–Trinajstić information content (AvgIpc) is 3.07. The number of carbonyl (C=O) groups excluding carboxylic acids is 3. The highest BCUT2D eigenvalue weighted by Gasteiger charge is 2.27. The zero-order valence-electron chi connectivity index (χ0n) is 13.2. The van der Waals surface area contributed by atoms with Crippen molar-refractivity contribution in [3.8, 4) is 5.75 Å². The largest absolute Gasteiger partial charge is 0.482 e. The molecule has 1 aromatic rings. The smallest absolute Gasteiger partial charge is 0.265 e. The Morgan fingerprint density at radius 1 is 1.22 bits per heavy atom. The molecule has 0 aromatic heterocycles. The maximum atomic E-state index is 12.2. The van der Waals surface area contributed by atoms with E-state index in [9.17, 15) is 14.4 Å². The second-order valence-electron chi connectivity index (χ2n) is 5.91. The lowest BCUT2D eigenvalue weighted by molar-refractivity contribution is -0.130. The number of amides is 2. The second kappa shape index (κ2) is 6.40. The molecule has 2 amide bonds. The number of likely N-dealkylation sites (tertiary alicyclic amines) is 1. The molecular weight excluding hydrogens is 296 g/mol. The van der Waals surface area contributed by atoms with E-state index in [4.69, 9.17) is 4.74 Å². The van der Waals surface area contributed by atoms with Gasteiger partial charge in [-0.3, -0.25) is 14.4 Å². The van der Waals surface area contributed by atoms with Crippen LogP contribution in [-0.4, -0.2) is 48.7 Å². The van der Waals surface area contributed by atoms with E-state index in [2.05, 4.69) is 0 Å². The van der Waals surface area contributed by atoms with E-state index >= 15 is 0 Å². The van der Waals surface area contributed by atoms with Crippen molar-refractivity contribution in [1.82, 2.24) is 4.90 Å². The summed E-state index contributed by atoms with van der Waals surface area (Å²) in [4.78, 5) is 39.3. The standard InChI is InChI=1S/C17H20N2O4/c1-12(20)13-4-5-15-14(10-13)19(17(22)11-23-15)9-6-16(21)18-7-2-3-8-18/h4-5,10H,2-3,6-9,11H2,1H3. The van der Waals surface area contributed by atoms with Gasteiger partial charge in [0.2, 0.25) is 5.91 Å². The number of anilines is 1. The van der Waals surface area contributed by atoms with E-state index in [0.717, 1.165) is 25.9 Å². The third kappa shape index (κ3) is 3.21. The Morgan fingerprint density at radius 3 is 2.65 bits per heavy atom. The molecule has 2 aliphatic rings. The summed E-state index contributed by atoms with van der Waals surface area (Å²) in [5.41, 5.74) is 1.10. The Morgan fingerprint density at radius 2 is 1.96 bits per heavy atom. The van der Waals surface area contributed by atoms with Crippen molar-refractivity contribution in [2.75, 3.05) is 31.1 Å². The summed E-state index contributed by atoms with van der Waals surface area (Å²) in [7, 11) is 0. The molecule has 0 radical (unpaired) electrons. The molecule has 2 heterocycles. The zero-order valence-corrected chi connectivity index (χ0v) is 13.2. The Hall–Kier alpha value is -2.37. The highest BCUT2D eigenvalue weighted by atomic mass is 16.5. The molecule has 6 heteroatoms. The van der Waals surface area contributed by atoms with Crippen molar-refractivity contribution >= 4 is 23.3 Å². The van der Waals surface area contributed by atoms with Crippen molar-refractivity contribution in [3.05, 3.63) is 23.8 Å². The molecule has 0 aliphatic carbocycles. The highest BCUT2D eigenvalue weighted by Crippen LogP contribution is 2.33. The van der Waals surface area contributed by atoms with E-state index in [0.29, 0.717) is 23.5 Å². The monoisotopic (exact) mass is 316 g/mol. The van der Waals surface area contributed by atoms with Gasteiger partial charge in [-0.25, -0.2) is 0 Å². The van der Waals surface area contributed by atoms with Crippen LogP contribution < -0.4 is 9.64 Å². The van der Waals surface area contributed by atoms with Crippen LogP contribution in [0.3, 0.4) is 0 Å². The lowest BCUT2D eigenvalue weighted by Crippen LogP contribution is -2.41. The van der Waals surface area contributed by atoms with E-state index in [-0.39, 0.29) is 30.6 Å². The lowest BCUT2D eigenvalue weighted by Gasteiger charge is -2.30. The first-order chi connectivity index (χ1) is 11.1. The van der Waals surface area contributed by atoms with E-state index in [1.165, 1.54) is 6.92 Å². The fourth-order valence-corrected chi connectivity index (χ4v) is 3.00. The SMILES string of the molecule is CC(=O)c1ccc2c(c1)N(CCC(=O)N1CCCC1)C(=O)CO2. The molecule has 0 atom stereocenters. The van der Waals surface area contributed by atoms with Crippen LogP contribution in [-0.2, 0) is 9.59 Å². The van der Waals surface area contributed by atoms with Gasteiger partial charge in [-0.15, -0.1) is 0 Å². The number of hydrogen-bond acceptors (Lipinski definition) is 4. The second-order valence-corrected chi connectivity index (χ2v) is 5.91. The Bertz CT molecular complexity index is 650. The van der Waals surface area contributed by atoms with Gasteiger partial charge in [0.05, 0.1) is 5.69 Å². The molecule has 23 heavy (non-hydrogen) atoms. The van der Waals surface area contributed by atoms with E-state index in [1.54, 1.807) is 23.1 Å². The molecule has 0 bridgehead atoms. The number of rotatable bonds is 4. The molecule has 6 nitrogen and oxygen atoms in total. The first-order valence-electron chi connectivity index (χ1n) is 7.92. The maximum Gasteiger partial charge on any atom is 0.265 e. The summed E-state index contributed by atoms with van der Waals surface area (Å²) >= 11 is 0. The number of nitrogens with zero attached hydrogens (tertiary/aromatic N) is 2. The molecular formula is C17H20N2O4. The van der Waals surface area contributed by atoms with Crippen LogP contribution >= 0.6 is 0 Å². The quantitative estimate of drug-likeness (QED) is 0.792. The minimum absolute atomic E-state index is 0.0374. The molecule has 0 unspecified atom stereocenters. The molecule has 0 N–H and O–H groups in total. The van der Waals surface area contributed by atoms with Crippen LogP contribution in [0.4, 0.5) is 5.69 Å². The highest BCUT2D eigenvalue weighted by molar-refractivity contribution is 6.01. The number of benzene rings is 1. The minimum atomic E-state index is -0.188. The van der Waals surface area contributed by atoms with Crippen LogP contribution in [0.1, 0.15) is 36.5 Å². The van der Waals surface area contributed by atoms with Crippen LogP contribution in [0.5, 0.6) is 5.75 Å². The van der Waals surface area contributed by atoms with Gasteiger partial charge in [0, 0.05) is 31.6 Å². The minimum Gasteiger partial charge on any atom is -0.482 e. The number of Topliss-reactive ketones (excluding diaryl/α,β-unsaturated/α-hetero) is 1. The average molecular weight is 316 g/mol. The summed E-state index contributed by atoms with van der Waals surface area (Å²) in [6, 6.07) is 5.05. The van der Waals surface area contributed by atoms with Crippen molar-refractivity contribution in [3.63, 3.8) is 0 Å². The molecule has 1 aromatic carbocycles. The normalized spacial score (nSPS) is 17.0. The molecule has 1 fully saturated rings. The third-order valence-corrected chi connectivity index (χ3v) is 4.32. The summed E-state index contributed by atoms with van der Waals surface area (Å²) in [5.74, 6) is 0.389. The van der Waals surface area contributed by atoms with Crippen LogP contribution in [0.2, 0.25) is 0 Å². The van der Waals surface area contributed by atoms with Gasteiger partial charge in [0.25, 0.3) is 5.91 Å². The maximum absolute atomic E-state index is 12.2. The predicted molar refractivity (Wildman–Crippen MR) is 84.7 cm³/mol. The van der Waals surface area contributed by atoms with Gasteiger partial charge < -0.3 is 14.5 Å². The molecule has 2 aliphatic heterocycles. The van der Waals surface area contributed by atoms with Gasteiger partial charge >= 0.3 is 0 Å². The fourth-order valence-electron chi connectivity index (χ4n) is 3.00. The zero-order chi connectivity index (χ0) is 16.4. The van der Waals surface area contributed by atoms with Gasteiger partial charge in [-0.2, -0.15) is 0 Å². The number of ether oxygens (including phenoxy) is 1. The first kappa shape index (κ1) is 15.5. The van der Waals surface area contributed by atoms with Gasteiger partial charge in [0.1, 0.15) is 5.75 Å². The molecule has 1 saturated heterocycles. The van der Waals surface area contributed by atoms with E-state index in [1.807, 2.05) is 4.90 Å².